The van der Waals surface area contributed by atoms with Gasteiger partial charge in [-0.1, -0.05) is 54.2 Å². The Labute approximate surface area is 164 Å². The summed E-state index contributed by atoms with van der Waals surface area (Å²) in [5, 5.41) is 1.37. The molecule has 0 N–H and O–H groups in total. The van der Waals surface area contributed by atoms with Gasteiger partial charge in [-0.3, -0.25) is 4.90 Å². The standard InChI is InChI=1S/C21H23Cl2N3/c22-17-10-9-16(18(23)13-17)14-26-20-8-4-3-7-19(20)24-21(26)15-25-11-5-1-2-6-12-25/h3-4,7-10,13H,1-2,5-6,11-12,14-15H2. The molecule has 1 saturated heterocycles. The van der Waals surface area contributed by atoms with Gasteiger partial charge in [-0.05, 0) is 55.8 Å². The van der Waals surface area contributed by atoms with Crippen molar-refractivity contribution in [2.24, 2.45) is 0 Å². The summed E-state index contributed by atoms with van der Waals surface area (Å²) in [5.74, 6) is 1.11. The molecule has 1 aliphatic heterocycles. The van der Waals surface area contributed by atoms with Gasteiger partial charge in [0.2, 0.25) is 0 Å². The highest BCUT2D eigenvalue weighted by molar-refractivity contribution is 6.35. The molecule has 0 atom stereocenters. The molecule has 2 heterocycles. The van der Waals surface area contributed by atoms with E-state index in [-0.39, 0.29) is 0 Å². The third-order valence-corrected chi connectivity index (χ3v) is 5.73. The van der Waals surface area contributed by atoms with Crippen molar-refractivity contribution in [2.75, 3.05) is 13.1 Å². The Morgan fingerprint density at radius 1 is 0.885 bits per heavy atom. The molecule has 0 spiro atoms. The van der Waals surface area contributed by atoms with Crippen LogP contribution >= 0.6 is 23.2 Å². The predicted octanol–water partition coefficient (Wildman–Crippen LogP) is 5.77. The molecular formula is C21H23Cl2N3. The van der Waals surface area contributed by atoms with Crippen molar-refractivity contribution in [2.45, 2.75) is 38.8 Å². The molecule has 5 heteroatoms. The number of para-hydroxylation sites is 2. The average Bonchev–Trinajstić information content (AvgIpc) is 2.79. The van der Waals surface area contributed by atoms with E-state index in [1.165, 1.54) is 25.7 Å². The number of aromatic nitrogens is 2. The second-order valence-electron chi connectivity index (χ2n) is 7.03. The fourth-order valence-corrected chi connectivity index (χ4v) is 4.21. The molecule has 0 saturated carbocycles. The van der Waals surface area contributed by atoms with Crippen LogP contribution in [0.1, 0.15) is 37.1 Å². The lowest BCUT2D eigenvalue weighted by Crippen LogP contribution is -2.26. The Morgan fingerprint density at radius 2 is 1.65 bits per heavy atom. The number of hydrogen-bond donors (Lipinski definition) is 0. The molecule has 136 valence electrons. The Hall–Kier alpha value is -1.55. The number of fused-ring (bicyclic) bond motifs is 1. The average molecular weight is 388 g/mol. The van der Waals surface area contributed by atoms with E-state index in [1.807, 2.05) is 24.3 Å². The molecule has 2 aromatic carbocycles. The van der Waals surface area contributed by atoms with Gasteiger partial charge in [-0.2, -0.15) is 0 Å². The number of halogens is 2. The minimum Gasteiger partial charge on any atom is -0.322 e. The number of imidazole rings is 1. The number of nitrogens with zero attached hydrogens (tertiary/aromatic N) is 3. The largest absolute Gasteiger partial charge is 0.322 e. The summed E-state index contributed by atoms with van der Waals surface area (Å²) in [6.45, 7) is 3.91. The minimum atomic E-state index is 0.666. The highest BCUT2D eigenvalue weighted by Crippen LogP contribution is 2.25. The van der Waals surface area contributed by atoms with E-state index in [9.17, 15) is 0 Å². The first kappa shape index (κ1) is 17.8. The molecule has 1 aromatic heterocycles. The third kappa shape index (κ3) is 3.90. The summed E-state index contributed by atoms with van der Waals surface area (Å²) in [5.41, 5.74) is 3.27. The van der Waals surface area contributed by atoms with Gasteiger partial charge < -0.3 is 4.57 Å². The van der Waals surface area contributed by atoms with Crippen LogP contribution in [0.4, 0.5) is 0 Å². The van der Waals surface area contributed by atoms with Crippen molar-refractivity contribution in [3.05, 3.63) is 63.9 Å². The van der Waals surface area contributed by atoms with Crippen molar-refractivity contribution in [3.63, 3.8) is 0 Å². The number of benzene rings is 2. The SMILES string of the molecule is Clc1ccc(Cn2c(CN3CCCCCC3)nc3ccccc32)c(Cl)c1. The van der Waals surface area contributed by atoms with Crippen LogP contribution in [0.5, 0.6) is 0 Å². The first-order valence-electron chi connectivity index (χ1n) is 9.31. The quantitative estimate of drug-likeness (QED) is 0.566. The van der Waals surface area contributed by atoms with Crippen LogP contribution in [0.3, 0.4) is 0 Å². The first-order valence-corrected chi connectivity index (χ1v) is 10.1. The number of likely N-dealkylation sites (tertiary alicyclic amines) is 1. The molecule has 1 fully saturated rings. The molecule has 3 nitrogen and oxygen atoms in total. The van der Waals surface area contributed by atoms with Crippen molar-refractivity contribution >= 4 is 34.2 Å². The fourth-order valence-electron chi connectivity index (χ4n) is 3.74. The van der Waals surface area contributed by atoms with E-state index in [1.54, 1.807) is 0 Å². The molecule has 0 aliphatic carbocycles. The van der Waals surface area contributed by atoms with E-state index in [0.717, 1.165) is 42.1 Å². The van der Waals surface area contributed by atoms with Crippen LogP contribution in [0.15, 0.2) is 42.5 Å². The lowest BCUT2D eigenvalue weighted by Gasteiger charge is -2.20. The molecule has 1 aliphatic rings. The summed E-state index contributed by atoms with van der Waals surface area (Å²) in [7, 11) is 0. The van der Waals surface area contributed by atoms with Gasteiger partial charge in [0.15, 0.2) is 0 Å². The second kappa shape index (κ2) is 7.99. The maximum atomic E-state index is 6.43. The van der Waals surface area contributed by atoms with E-state index >= 15 is 0 Å². The van der Waals surface area contributed by atoms with Gasteiger partial charge in [0.1, 0.15) is 5.82 Å². The van der Waals surface area contributed by atoms with Crippen molar-refractivity contribution in [1.82, 2.24) is 14.5 Å². The van der Waals surface area contributed by atoms with Gasteiger partial charge in [-0.25, -0.2) is 4.98 Å². The molecule has 26 heavy (non-hydrogen) atoms. The summed E-state index contributed by atoms with van der Waals surface area (Å²) < 4.78 is 2.30. The smallest absolute Gasteiger partial charge is 0.124 e. The topological polar surface area (TPSA) is 21.1 Å². The summed E-state index contributed by atoms with van der Waals surface area (Å²) in [4.78, 5) is 7.47. The Balaban J connectivity index is 1.69. The van der Waals surface area contributed by atoms with Crippen LogP contribution < -0.4 is 0 Å². The molecule has 0 radical (unpaired) electrons. The second-order valence-corrected chi connectivity index (χ2v) is 7.87. The molecule has 0 amide bonds. The van der Waals surface area contributed by atoms with E-state index in [0.29, 0.717) is 16.6 Å². The zero-order valence-electron chi connectivity index (χ0n) is 14.8. The highest BCUT2D eigenvalue weighted by Gasteiger charge is 2.16. The van der Waals surface area contributed by atoms with E-state index in [2.05, 4.69) is 27.7 Å². The summed E-state index contributed by atoms with van der Waals surface area (Å²) >= 11 is 12.5. The normalized spacial score (nSPS) is 16.1. The van der Waals surface area contributed by atoms with Gasteiger partial charge in [0, 0.05) is 10.0 Å². The molecule has 0 unspecified atom stereocenters. The number of hydrogen-bond acceptors (Lipinski definition) is 2. The maximum Gasteiger partial charge on any atom is 0.124 e. The predicted molar refractivity (Wildman–Crippen MR) is 109 cm³/mol. The maximum absolute atomic E-state index is 6.43. The lowest BCUT2D eigenvalue weighted by atomic mass is 10.2. The zero-order valence-corrected chi connectivity index (χ0v) is 16.3. The van der Waals surface area contributed by atoms with Crippen LogP contribution in [-0.2, 0) is 13.1 Å². The van der Waals surface area contributed by atoms with Gasteiger partial charge in [0.25, 0.3) is 0 Å². The lowest BCUT2D eigenvalue weighted by molar-refractivity contribution is 0.267. The van der Waals surface area contributed by atoms with E-state index in [4.69, 9.17) is 28.2 Å². The molecule has 4 rings (SSSR count). The van der Waals surface area contributed by atoms with Crippen LogP contribution in [-0.4, -0.2) is 27.5 Å². The Kier molecular flexibility index (Phi) is 5.49. The fraction of sp³-hybridized carbons (Fsp3) is 0.381. The van der Waals surface area contributed by atoms with Gasteiger partial charge in [0.05, 0.1) is 24.1 Å². The summed E-state index contributed by atoms with van der Waals surface area (Å²) in [6, 6.07) is 14.1. The van der Waals surface area contributed by atoms with Gasteiger partial charge in [-0.15, -0.1) is 0 Å². The summed E-state index contributed by atoms with van der Waals surface area (Å²) in [6.07, 6.45) is 5.24. The highest BCUT2D eigenvalue weighted by atomic mass is 35.5. The van der Waals surface area contributed by atoms with Crippen LogP contribution in [0.25, 0.3) is 11.0 Å². The minimum absolute atomic E-state index is 0.666. The third-order valence-electron chi connectivity index (χ3n) is 5.14. The number of rotatable bonds is 4. The Morgan fingerprint density at radius 3 is 2.42 bits per heavy atom. The van der Waals surface area contributed by atoms with Gasteiger partial charge >= 0.3 is 0 Å². The Bertz CT molecular complexity index is 895. The first-order chi connectivity index (χ1) is 12.7. The zero-order chi connectivity index (χ0) is 17.9. The van der Waals surface area contributed by atoms with Crippen LogP contribution in [0, 0.1) is 0 Å². The molecular weight excluding hydrogens is 365 g/mol. The van der Waals surface area contributed by atoms with E-state index < -0.39 is 0 Å². The van der Waals surface area contributed by atoms with Crippen molar-refractivity contribution < 1.29 is 0 Å². The molecule has 0 bridgehead atoms. The molecule has 3 aromatic rings. The monoisotopic (exact) mass is 387 g/mol. The van der Waals surface area contributed by atoms with Crippen molar-refractivity contribution in [3.8, 4) is 0 Å². The van der Waals surface area contributed by atoms with Crippen molar-refractivity contribution in [1.29, 1.82) is 0 Å². The van der Waals surface area contributed by atoms with Crippen LogP contribution in [0.2, 0.25) is 10.0 Å².